The minimum atomic E-state index is -1.11. The molecule has 1 aromatic carbocycles. The molecule has 3 rings (SSSR count). The highest BCUT2D eigenvalue weighted by Crippen LogP contribution is 2.25. The minimum absolute atomic E-state index is 0.0720. The number of carboxylic acids is 1. The fourth-order valence-electron chi connectivity index (χ4n) is 2.03. The molecule has 2 N–H and O–H groups in total. The topological polar surface area (TPSA) is 88.2 Å². The highest BCUT2D eigenvalue weighted by molar-refractivity contribution is 5.87. The van der Waals surface area contributed by atoms with Crippen LogP contribution in [0, 0.1) is 0 Å². The second-order valence-corrected chi connectivity index (χ2v) is 4.39. The summed E-state index contributed by atoms with van der Waals surface area (Å²) in [5.41, 5.74) is 1.82. The average Bonchev–Trinajstić information content (AvgIpc) is 2.93. The van der Waals surface area contributed by atoms with Crippen LogP contribution in [0.3, 0.4) is 0 Å². The third-order valence-electron chi connectivity index (χ3n) is 2.96. The van der Waals surface area contributed by atoms with E-state index in [-0.39, 0.29) is 11.4 Å². The van der Waals surface area contributed by atoms with Crippen molar-refractivity contribution in [3.8, 4) is 22.7 Å². The van der Waals surface area contributed by atoms with E-state index in [1.54, 1.807) is 30.6 Å². The predicted octanol–water partition coefficient (Wildman–Crippen LogP) is 2.34. The molecule has 0 aliphatic heterocycles. The summed E-state index contributed by atoms with van der Waals surface area (Å²) < 4.78 is 1.47. The molecule has 0 saturated heterocycles. The Kier molecular flexibility index (Phi) is 3.12. The highest BCUT2D eigenvalue weighted by atomic mass is 16.4. The van der Waals surface area contributed by atoms with E-state index < -0.39 is 5.97 Å². The van der Waals surface area contributed by atoms with Crippen molar-refractivity contribution in [3.05, 3.63) is 60.6 Å². The van der Waals surface area contributed by atoms with Crippen molar-refractivity contribution in [1.29, 1.82) is 0 Å². The van der Waals surface area contributed by atoms with Crippen LogP contribution in [0.25, 0.3) is 16.9 Å². The molecule has 2 heterocycles. The van der Waals surface area contributed by atoms with Crippen LogP contribution in [-0.2, 0) is 0 Å². The van der Waals surface area contributed by atoms with E-state index in [4.69, 9.17) is 5.11 Å². The number of carboxylic acid groups (broad SMARTS) is 1. The Labute approximate surface area is 119 Å². The standard InChI is InChI=1S/C15H11N3O3/c19-12-5-1-4-11(7-12)18-14(8-13(17-18)15(20)21)10-3-2-6-16-9-10/h1-9,19H,(H,20,21). The van der Waals surface area contributed by atoms with Crippen molar-refractivity contribution >= 4 is 5.97 Å². The van der Waals surface area contributed by atoms with Crippen LogP contribution in [0.15, 0.2) is 54.9 Å². The van der Waals surface area contributed by atoms with Crippen LogP contribution in [-0.4, -0.2) is 30.9 Å². The number of aromatic hydroxyl groups is 1. The van der Waals surface area contributed by atoms with Gasteiger partial charge in [-0.3, -0.25) is 4.98 Å². The SMILES string of the molecule is O=C(O)c1cc(-c2cccnc2)n(-c2cccc(O)c2)n1. The summed E-state index contributed by atoms with van der Waals surface area (Å²) >= 11 is 0. The quantitative estimate of drug-likeness (QED) is 0.769. The molecule has 6 nitrogen and oxygen atoms in total. The normalized spacial score (nSPS) is 10.5. The van der Waals surface area contributed by atoms with Crippen LogP contribution in [0.5, 0.6) is 5.75 Å². The number of aromatic nitrogens is 3. The lowest BCUT2D eigenvalue weighted by Crippen LogP contribution is -2.02. The van der Waals surface area contributed by atoms with E-state index in [0.29, 0.717) is 11.4 Å². The molecular weight excluding hydrogens is 270 g/mol. The summed E-state index contributed by atoms with van der Waals surface area (Å²) in [4.78, 5) is 15.2. The number of phenolic OH excluding ortho intramolecular Hbond substituents is 1. The fourth-order valence-corrected chi connectivity index (χ4v) is 2.03. The third kappa shape index (κ3) is 2.46. The third-order valence-corrected chi connectivity index (χ3v) is 2.96. The number of hydrogen-bond acceptors (Lipinski definition) is 4. The minimum Gasteiger partial charge on any atom is -0.508 e. The number of rotatable bonds is 3. The van der Waals surface area contributed by atoms with Gasteiger partial charge in [-0.15, -0.1) is 0 Å². The number of hydrogen-bond donors (Lipinski definition) is 2. The lowest BCUT2D eigenvalue weighted by Gasteiger charge is -2.07. The molecule has 3 aromatic rings. The predicted molar refractivity (Wildman–Crippen MR) is 75.4 cm³/mol. The summed E-state index contributed by atoms with van der Waals surface area (Å²) in [6, 6.07) is 11.5. The van der Waals surface area contributed by atoms with Crippen molar-refractivity contribution in [2.75, 3.05) is 0 Å². The van der Waals surface area contributed by atoms with Crippen LogP contribution in [0.4, 0.5) is 0 Å². The number of phenols is 1. The number of benzene rings is 1. The molecule has 0 atom stereocenters. The van der Waals surface area contributed by atoms with E-state index in [0.717, 1.165) is 5.56 Å². The largest absolute Gasteiger partial charge is 0.508 e. The van der Waals surface area contributed by atoms with Gasteiger partial charge in [-0.2, -0.15) is 5.10 Å². The van der Waals surface area contributed by atoms with Crippen molar-refractivity contribution in [2.24, 2.45) is 0 Å². The Balaban J connectivity index is 2.21. The van der Waals surface area contributed by atoms with Gasteiger partial charge in [0.1, 0.15) is 5.75 Å². The molecule has 2 aromatic heterocycles. The van der Waals surface area contributed by atoms with Crippen LogP contribution >= 0.6 is 0 Å². The molecule has 0 amide bonds. The molecule has 0 radical (unpaired) electrons. The summed E-state index contributed by atoms with van der Waals surface area (Å²) in [5, 5.41) is 22.8. The van der Waals surface area contributed by atoms with Gasteiger partial charge in [-0.1, -0.05) is 6.07 Å². The molecule has 0 fully saturated rings. The molecule has 6 heteroatoms. The lowest BCUT2D eigenvalue weighted by atomic mass is 10.2. The van der Waals surface area contributed by atoms with E-state index in [1.165, 1.54) is 22.9 Å². The van der Waals surface area contributed by atoms with Gasteiger partial charge in [0.05, 0.1) is 11.4 Å². The molecule has 0 saturated carbocycles. The number of nitrogens with zero attached hydrogens (tertiary/aromatic N) is 3. The van der Waals surface area contributed by atoms with Gasteiger partial charge in [-0.05, 0) is 30.3 Å². The van der Waals surface area contributed by atoms with Gasteiger partial charge >= 0.3 is 5.97 Å². The van der Waals surface area contributed by atoms with Crippen LogP contribution in [0.1, 0.15) is 10.5 Å². The number of pyridine rings is 1. The maximum absolute atomic E-state index is 11.2. The van der Waals surface area contributed by atoms with Crippen molar-refractivity contribution in [1.82, 2.24) is 14.8 Å². The average molecular weight is 281 g/mol. The Morgan fingerprint density at radius 1 is 1.14 bits per heavy atom. The zero-order chi connectivity index (χ0) is 14.8. The molecule has 0 unspecified atom stereocenters. The Hall–Kier alpha value is -3.15. The van der Waals surface area contributed by atoms with Crippen molar-refractivity contribution in [2.45, 2.75) is 0 Å². The number of aromatic carboxylic acids is 1. The van der Waals surface area contributed by atoms with E-state index in [2.05, 4.69) is 10.1 Å². The molecule has 0 aliphatic rings. The summed E-state index contributed by atoms with van der Waals surface area (Å²) in [6.45, 7) is 0. The Morgan fingerprint density at radius 3 is 2.67 bits per heavy atom. The fraction of sp³-hybridized carbons (Fsp3) is 0. The first-order chi connectivity index (χ1) is 10.1. The Bertz CT molecular complexity index is 797. The zero-order valence-corrected chi connectivity index (χ0v) is 10.8. The summed E-state index contributed by atoms with van der Waals surface area (Å²) in [6.07, 6.45) is 3.26. The van der Waals surface area contributed by atoms with Gasteiger partial charge in [0.2, 0.25) is 0 Å². The van der Waals surface area contributed by atoms with Crippen molar-refractivity contribution in [3.63, 3.8) is 0 Å². The monoisotopic (exact) mass is 281 g/mol. The van der Waals surface area contributed by atoms with Crippen LogP contribution < -0.4 is 0 Å². The van der Waals surface area contributed by atoms with Gasteiger partial charge in [-0.25, -0.2) is 9.48 Å². The molecule has 104 valence electrons. The lowest BCUT2D eigenvalue weighted by molar-refractivity contribution is 0.0690. The second-order valence-electron chi connectivity index (χ2n) is 4.39. The molecule has 0 aliphatic carbocycles. The molecule has 0 bridgehead atoms. The van der Waals surface area contributed by atoms with Gasteiger partial charge in [0.15, 0.2) is 5.69 Å². The summed E-state index contributed by atoms with van der Waals surface area (Å²) in [7, 11) is 0. The first kappa shape index (κ1) is 12.9. The van der Waals surface area contributed by atoms with Crippen molar-refractivity contribution < 1.29 is 15.0 Å². The van der Waals surface area contributed by atoms with Gasteiger partial charge in [0.25, 0.3) is 0 Å². The maximum Gasteiger partial charge on any atom is 0.356 e. The molecular formula is C15H11N3O3. The first-order valence-corrected chi connectivity index (χ1v) is 6.18. The maximum atomic E-state index is 11.2. The van der Waals surface area contributed by atoms with Gasteiger partial charge < -0.3 is 10.2 Å². The van der Waals surface area contributed by atoms with E-state index in [1.807, 2.05) is 6.07 Å². The molecule has 21 heavy (non-hydrogen) atoms. The van der Waals surface area contributed by atoms with E-state index in [9.17, 15) is 9.90 Å². The molecule has 0 spiro atoms. The Morgan fingerprint density at radius 2 is 2.00 bits per heavy atom. The van der Waals surface area contributed by atoms with Crippen LogP contribution in [0.2, 0.25) is 0 Å². The van der Waals surface area contributed by atoms with Gasteiger partial charge in [0, 0.05) is 24.0 Å². The highest BCUT2D eigenvalue weighted by Gasteiger charge is 2.16. The number of carbonyl (C=O) groups is 1. The zero-order valence-electron chi connectivity index (χ0n) is 10.8. The summed E-state index contributed by atoms with van der Waals surface area (Å²) in [5.74, 6) is -1.03. The smallest absolute Gasteiger partial charge is 0.356 e. The van der Waals surface area contributed by atoms with E-state index >= 15 is 0 Å². The second kappa shape index (κ2) is 5.09. The first-order valence-electron chi connectivity index (χ1n) is 6.18.